The second-order valence-corrected chi connectivity index (χ2v) is 7.52. The summed E-state index contributed by atoms with van der Waals surface area (Å²) in [6.07, 6.45) is 0. The molecule has 2 aromatic heterocycles. The molecule has 2 heterocycles. The van der Waals surface area contributed by atoms with Crippen LogP contribution in [-0.2, 0) is 4.74 Å². The van der Waals surface area contributed by atoms with Crippen molar-refractivity contribution in [2.24, 2.45) is 5.11 Å². The quantitative estimate of drug-likeness (QED) is 0.146. The van der Waals surface area contributed by atoms with Crippen LogP contribution in [0.2, 0.25) is 0 Å². The average molecular weight is 430 g/mol. The zero-order valence-electron chi connectivity index (χ0n) is 16.9. The van der Waals surface area contributed by atoms with Crippen LogP contribution in [0.15, 0.2) is 65.8 Å². The minimum absolute atomic E-state index is 0.219. The maximum Gasteiger partial charge on any atom is 0.348 e. The maximum absolute atomic E-state index is 12.6. The molecular weight excluding hydrogens is 412 g/mol. The Morgan fingerprint density at radius 3 is 2.52 bits per heavy atom. The lowest BCUT2D eigenvalue weighted by Gasteiger charge is -2.10. The Hall–Kier alpha value is -3.87. The minimum atomic E-state index is -0.533. The molecule has 7 nitrogen and oxygen atoms in total. The molecule has 0 radical (unpaired) electrons. The van der Waals surface area contributed by atoms with Crippen LogP contribution in [-0.4, -0.2) is 24.7 Å². The molecule has 4 rings (SSSR count). The van der Waals surface area contributed by atoms with E-state index in [0.29, 0.717) is 10.2 Å². The number of carbonyl (C=O) groups excluding carboxylic acids is 1. The largest absolute Gasteiger partial charge is 0.497 e. The van der Waals surface area contributed by atoms with Crippen LogP contribution in [0.5, 0.6) is 5.75 Å². The Balaban J connectivity index is 2.05. The van der Waals surface area contributed by atoms with E-state index in [1.807, 2.05) is 60.7 Å². The molecule has 0 aliphatic heterocycles. The summed E-state index contributed by atoms with van der Waals surface area (Å²) in [6.45, 7) is 1.95. The summed E-state index contributed by atoms with van der Waals surface area (Å²) in [5.74, 6) is 0.194. The third-order valence-corrected chi connectivity index (χ3v) is 5.77. The van der Waals surface area contributed by atoms with E-state index in [1.54, 1.807) is 14.0 Å². The number of hydrogen-bond donors (Lipinski definition) is 0. The highest BCUT2D eigenvalue weighted by Crippen LogP contribution is 2.44. The van der Waals surface area contributed by atoms with Gasteiger partial charge in [-0.15, -0.1) is 11.3 Å². The van der Waals surface area contributed by atoms with E-state index >= 15 is 0 Å². The van der Waals surface area contributed by atoms with Crippen LogP contribution >= 0.6 is 11.3 Å². The number of hydrogen-bond acceptors (Lipinski definition) is 6. The fourth-order valence-electron chi connectivity index (χ4n) is 3.31. The van der Waals surface area contributed by atoms with Gasteiger partial charge in [0.25, 0.3) is 0 Å². The number of thiophene rings is 1. The fraction of sp³-hybridized carbons (Fsp3) is 0.130. The fourth-order valence-corrected chi connectivity index (χ4v) is 4.34. The first kappa shape index (κ1) is 20.4. The maximum atomic E-state index is 12.6. The number of pyridine rings is 1. The minimum Gasteiger partial charge on any atom is -0.497 e. The Bertz CT molecular complexity index is 1290. The van der Waals surface area contributed by atoms with Crippen LogP contribution in [0.1, 0.15) is 16.6 Å². The van der Waals surface area contributed by atoms with Gasteiger partial charge in [0.2, 0.25) is 0 Å². The van der Waals surface area contributed by atoms with E-state index in [2.05, 4.69) is 10.0 Å². The van der Waals surface area contributed by atoms with Gasteiger partial charge in [0.1, 0.15) is 15.5 Å². The molecule has 0 atom stereocenters. The first-order chi connectivity index (χ1) is 15.2. The number of aromatic nitrogens is 1. The van der Waals surface area contributed by atoms with Crippen LogP contribution in [0.4, 0.5) is 5.69 Å². The third-order valence-electron chi connectivity index (χ3n) is 4.71. The van der Waals surface area contributed by atoms with Crippen molar-refractivity contribution in [1.29, 1.82) is 0 Å². The molecule has 0 N–H and O–H groups in total. The molecule has 0 aliphatic carbocycles. The number of esters is 1. The van der Waals surface area contributed by atoms with Gasteiger partial charge in [0.15, 0.2) is 0 Å². The zero-order chi connectivity index (χ0) is 21.8. The van der Waals surface area contributed by atoms with Crippen molar-refractivity contribution in [3.05, 3.63) is 76.0 Å². The molecule has 4 aromatic rings. The second kappa shape index (κ2) is 8.87. The van der Waals surface area contributed by atoms with Gasteiger partial charge in [0.05, 0.1) is 25.1 Å². The van der Waals surface area contributed by atoms with Crippen molar-refractivity contribution in [3.8, 4) is 28.1 Å². The number of nitrogens with zero attached hydrogens (tertiary/aromatic N) is 4. The van der Waals surface area contributed by atoms with Gasteiger partial charge in [-0.1, -0.05) is 47.6 Å². The lowest BCUT2D eigenvalue weighted by Crippen LogP contribution is -2.02. The first-order valence-electron chi connectivity index (χ1n) is 9.55. The highest BCUT2D eigenvalue weighted by Gasteiger charge is 2.23. The van der Waals surface area contributed by atoms with Gasteiger partial charge in [-0.25, -0.2) is 9.78 Å². The number of carbonyl (C=O) groups is 1. The average Bonchev–Trinajstić information content (AvgIpc) is 3.18. The van der Waals surface area contributed by atoms with Crippen molar-refractivity contribution in [3.63, 3.8) is 0 Å². The zero-order valence-corrected chi connectivity index (χ0v) is 17.7. The number of rotatable bonds is 6. The number of ether oxygens (including phenoxy) is 2. The molecule has 0 amide bonds. The Labute approximate surface area is 182 Å². The molecule has 0 saturated heterocycles. The molecule has 8 heteroatoms. The lowest BCUT2D eigenvalue weighted by atomic mass is 9.99. The molecule has 0 saturated carbocycles. The number of methoxy groups -OCH3 is 1. The van der Waals surface area contributed by atoms with Crippen LogP contribution in [0.25, 0.3) is 43.0 Å². The van der Waals surface area contributed by atoms with Gasteiger partial charge in [-0.2, -0.15) is 0 Å². The topological polar surface area (TPSA) is 97.2 Å². The van der Waals surface area contributed by atoms with Gasteiger partial charge in [-0.3, -0.25) is 0 Å². The number of fused-ring (bicyclic) bond motifs is 1. The molecule has 0 aliphatic rings. The second-order valence-electron chi connectivity index (χ2n) is 6.52. The summed E-state index contributed by atoms with van der Waals surface area (Å²) >= 11 is 1.16. The smallest absolute Gasteiger partial charge is 0.348 e. The van der Waals surface area contributed by atoms with Crippen molar-refractivity contribution in [1.82, 2.24) is 4.98 Å². The molecular formula is C23H18N4O3S. The van der Waals surface area contributed by atoms with Crippen LogP contribution < -0.4 is 4.74 Å². The van der Waals surface area contributed by atoms with Crippen LogP contribution in [0, 0.1) is 0 Å². The number of azide groups is 1. The Morgan fingerprint density at radius 1 is 1.13 bits per heavy atom. The highest BCUT2D eigenvalue weighted by atomic mass is 32.1. The normalized spacial score (nSPS) is 10.5. The van der Waals surface area contributed by atoms with Crippen molar-refractivity contribution in [2.75, 3.05) is 13.7 Å². The predicted molar refractivity (Wildman–Crippen MR) is 122 cm³/mol. The lowest BCUT2D eigenvalue weighted by molar-refractivity contribution is 0.0533. The van der Waals surface area contributed by atoms with E-state index in [9.17, 15) is 4.79 Å². The van der Waals surface area contributed by atoms with Gasteiger partial charge >= 0.3 is 5.97 Å². The molecule has 0 unspecified atom stereocenters. The molecule has 0 fully saturated rings. The van der Waals surface area contributed by atoms with E-state index < -0.39 is 5.97 Å². The Kier molecular flexibility index (Phi) is 5.84. The highest BCUT2D eigenvalue weighted by molar-refractivity contribution is 7.21. The van der Waals surface area contributed by atoms with Gasteiger partial charge in [-0.05, 0) is 41.8 Å². The van der Waals surface area contributed by atoms with E-state index in [-0.39, 0.29) is 17.2 Å². The van der Waals surface area contributed by atoms with E-state index in [0.717, 1.165) is 39.5 Å². The summed E-state index contributed by atoms with van der Waals surface area (Å²) in [6, 6.07) is 19.3. The summed E-state index contributed by atoms with van der Waals surface area (Å²) in [7, 11) is 1.61. The SMILES string of the molecule is CCOC(=O)c1sc2nc(-c3ccccc3)cc(-c3ccc(OC)cc3)c2c1N=[N+]=[N-]. The third kappa shape index (κ3) is 3.94. The monoisotopic (exact) mass is 430 g/mol. The summed E-state index contributed by atoms with van der Waals surface area (Å²) in [5.41, 5.74) is 12.8. The molecule has 154 valence electrons. The molecule has 31 heavy (non-hydrogen) atoms. The first-order valence-corrected chi connectivity index (χ1v) is 10.4. The summed E-state index contributed by atoms with van der Waals surface area (Å²) < 4.78 is 10.5. The van der Waals surface area contributed by atoms with Gasteiger partial charge in [0, 0.05) is 15.9 Å². The standard InChI is InChI=1S/C23H18N4O3S/c1-3-30-23(28)21-20(26-27-24)19-17(14-9-11-16(29-2)12-10-14)13-18(25-22(19)31-21)15-7-5-4-6-8-15/h4-13H,3H2,1-2H3. The van der Waals surface area contributed by atoms with Crippen molar-refractivity contribution < 1.29 is 14.3 Å². The summed E-state index contributed by atoms with van der Waals surface area (Å²) in [5, 5.41) is 4.47. The molecule has 0 bridgehead atoms. The predicted octanol–water partition coefficient (Wildman–Crippen LogP) is 6.76. The van der Waals surface area contributed by atoms with E-state index in [1.165, 1.54) is 0 Å². The molecule has 2 aromatic carbocycles. The van der Waals surface area contributed by atoms with E-state index in [4.69, 9.17) is 20.0 Å². The van der Waals surface area contributed by atoms with Crippen molar-refractivity contribution in [2.45, 2.75) is 6.92 Å². The van der Waals surface area contributed by atoms with Crippen molar-refractivity contribution >= 4 is 33.2 Å². The summed E-state index contributed by atoms with van der Waals surface area (Å²) in [4.78, 5) is 21.1. The number of benzene rings is 2. The molecule has 0 spiro atoms. The van der Waals surface area contributed by atoms with Gasteiger partial charge < -0.3 is 9.47 Å². The Morgan fingerprint density at radius 2 is 1.87 bits per heavy atom. The van der Waals surface area contributed by atoms with Crippen LogP contribution in [0.3, 0.4) is 0 Å².